The minimum Gasteiger partial charge on any atom is -0.465 e. The second-order valence-electron chi connectivity index (χ2n) is 4.82. The number of benzene rings is 1. The molecule has 2 heteroatoms. The molecule has 2 aromatic rings. The van der Waals surface area contributed by atoms with E-state index in [1.807, 2.05) is 19.1 Å². The predicted octanol–water partition coefficient (Wildman–Crippen LogP) is 3.70. The van der Waals surface area contributed by atoms with Gasteiger partial charge in [-0.1, -0.05) is 30.3 Å². The Hall–Kier alpha value is -1.54. The lowest BCUT2D eigenvalue weighted by Crippen LogP contribution is -2.25. The quantitative estimate of drug-likeness (QED) is 0.837. The monoisotopic (exact) mass is 243 g/mol. The Morgan fingerprint density at radius 3 is 2.56 bits per heavy atom. The molecule has 0 aliphatic rings. The van der Waals surface area contributed by atoms with Crippen molar-refractivity contribution in [1.29, 1.82) is 0 Å². The summed E-state index contributed by atoms with van der Waals surface area (Å²) in [5.41, 5.74) is 1.40. The zero-order chi connectivity index (χ0) is 12.8. The van der Waals surface area contributed by atoms with E-state index in [9.17, 15) is 0 Å². The molecule has 1 aromatic carbocycles. The third-order valence-corrected chi connectivity index (χ3v) is 3.13. The molecule has 0 bridgehead atoms. The standard InChI is InChI=1S/C16H21NO/c1-13(8-10-15-6-4-3-5-7-15)17-12-16-11-9-14(2)18-16/h3-7,9,11,13,17H,8,10,12H2,1-2H3/t13-/m1/s1. The summed E-state index contributed by atoms with van der Waals surface area (Å²) in [5.74, 6) is 1.99. The van der Waals surface area contributed by atoms with Gasteiger partial charge in [-0.25, -0.2) is 0 Å². The van der Waals surface area contributed by atoms with Crippen LogP contribution in [0.25, 0.3) is 0 Å². The molecule has 2 nitrogen and oxygen atoms in total. The molecule has 0 aliphatic carbocycles. The van der Waals surface area contributed by atoms with Crippen molar-refractivity contribution < 1.29 is 4.42 Å². The maximum atomic E-state index is 5.53. The molecular formula is C16H21NO. The first-order valence-corrected chi connectivity index (χ1v) is 6.56. The highest BCUT2D eigenvalue weighted by atomic mass is 16.3. The van der Waals surface area contributed by atoms with Crippen molar-refractivity contribution in [3.8, 4) is 0 Å². The summed E-state index contributed by atoms with van der Waals surface area (Å²) in [7, 11) is 0. The minimum atomic E-state index is 0.496. The molecule has 0 unspecified atom stereocenters. The average molecular weight is 243 g/mol. The topological polar surface area (TPSA) is 25.2 Å². The lowest BCUT2D eigenvalue weighted by Gasteiger charge is -2.12. The summed E-state index contributed by atoms with van der Waals surface area (Å²) in [5, 5.41) is 3.49. The highest BCUT2D eigenvalue weighted by Crippen LogP contribution is 2.08. The van der Waals surface area contributed by atoms with Crippen LogP contribution in [-0.2, 0) is 13.0 Å². The summed E-state index contributed by atoms with van der Waals surface area (Å²) in [6, 6.07) is 15.2. The van der Waals surface area contributed by atoms with Crippen molar-refractivity contribution in [3.63, 3.8) is 0 Å². The Bertz CT molecular complexity index is 461. The maximum absolute atomic E-state index is 5.53. The summed E-state index contributed by atoms with van der Waals surface area (Å²) in [6.07, 6.45) is 2.26. The van der Waals surface area contributed by atoms with Gasteiger partial charge < -0.3 is 9.73 Å². The lowest BCUT2D eigenvalue weighted by molar-refractivity contribution is 0.431. The molecule has 0 saturated carbocycles. The predicted molar refractivity (Wildman–Crippen MR) is 74.5 cm³/mol. The molecule has 2 rings (SSSR count). The second-order valence-corrected chi connectivity index (χ2v) is 4.82. The lowest BCUT2D eigenvalue weighted by atomic mass is 10.1. The van der Waals surface area contributed by atoms with Crippen LogP contribution in [0.1, 0.15) is 30.4 Å². The molecule has 0 fully saturated rings. The van der Waals surface area contributed by atoms with Crippen molar-refractivity contribution in [2.75, 3.05) is 0 Å². The van der Waals surface area contributed by atoms with Crippen LogP contribution in [-0.4, -0.2) is 6.04 Å². The average Bonchev–Trinajstić information content (AvgIpc) is 2.81. The Morgan fingerprint density at radius 2 is 1.89 bits per heavy atom. The van der Waals surface area contributed by atoms with Crippen LogP contribution in [0, 0.1) is 6.92 Å². The van der Waals surface area contributed by atoms with Crippen LogP contribution in [0.15, 0.2) is 46.9 Å². The Balaban J connectivity index is 1.71. The van der Waals surface area contributed by atoms with Gasteiger partial charge in [0.2, 0.25) is 0 Å². The fraction of sp³-hybridized carbons (Fsp3) is 0.375. The first-order chi connectivity index (χ1) is 8.74. The van der Waals surface area contributed by atoms with Crippen molar-refractivity contribution in [3.05, 3.63) is 59.5 Å². The van der Waals surface area contributed by atoms with Gasteiger partial charge in [-0.3, -0.25) is 0 Å². The first-order valence-electron chi connectivity index (χ1n) is 6.56. The third kappa shape index (κ3) is 4.04. The number of rotatable bonds is 6. The SMILES string of the molecule is Cc1ccc(CN[C@H](C)CCc2ccccc2)o1. The van der Waals surface area contributed by atoms with E-state index in [4.69, 9.17) is 4.42 Å². The third-order valence-electron chi connectivity index (χ3n) is 3.13. The molecule has 1 aromatic heterocycles. The largest absolute Gasteiger partial charge is 0.465 e. The molecule has 96 valence electrons. The molecular weight excluding hydrogens is 222 g/mol. The van der Waals surface area contributed by atoms with E-state index >= 15 is 0 Å². The molecule has 18 heavy (non-hydrogen) atoms. The van der Waals surface area contributed by atoms with Gasteiger partial charge in [0.15, 0.2) is 0 Å². The van der Waals surface area contributed by atoms with Gasteiger partial charge in [0.25, 0.3) is 0 Å². The molecule has 0 aliphatic heterocycles. The van der Waals surface area contributed by atoms with Gasteiger partial charge >= 0.3 is 0 Å². The van der Waals surface area contributed by atoms with E-state index < -0.39 is 0 Å². The van der Waals surface area contributed by atoms with Gasteiger partial charge in [0.05, 0.1) is 6.54 Å². The number of nitrogens with one attached hydrogen (secondary N) is 1. The van der Waals surface area contributed by atoms with Crippen LogP contribution in [0.4, 0.5) is 0 Å². The Labute approximate surface area is 109 Å². The fourth-order valence-electron chi connectivity index (χ4n) is 1.98. The zero-order valence-corrected chi connectivity index (χ0v) is 11.1. The molecule has 1 heterocycles. The van der Waals surface area contributed by atoms with Crippen LogP contribution in [0.2, 0.25) is 0 Å². The first kappa shape index (κ1) is 12.9. The highest BCUT2D eigenvalue weighted by Gasteiger charge is 2.04. The van der Waals surface area contributed by atoms with Gasteiger partial charge in [0.1, 0.15) is 11.5 Å². The molecule has 0 saturated heterocycles. The molecule has 0 radical (unpaired) electrons. The molecule has 1 N–H and O–H groups in total. The summed E-state index contributed by atoms with van der Waals surface area (Å²) >= 11 is 0. The normalized spacial score (nSPS) is 12.6. The van der Waals surface area contributed by atoms with Crippen LogP contribution >= 0.6 is 0 Å². The van der Waals surface area contributed by atoms with Crippen LogP contribution in [0.5, 0.6) is 0 Å². The Kier molecular flexibility index (Phi) is 4.59. The van der Waals surface area contributed by atoms with E-state index in [-0.39, 0.29) is 0 Å². The van der Waals surface area contributed by atoms with Crippen molar-refractivity contribution >= 4 is 0 Å². The van der Waals surface area contributed by atoms with E-state index in [0.717, 1.165) is 30.9 Å². The van der Waals surface area contributed by atoms with Gasteiger partial charge in [-0.15, -0.1) is 0 Å². The van der Waals surface area contributed by atoms with Gasteiger partial charge in [0, 0.05) is 6.04 Å². The van der Waals surface area contributed by atoms with Crippen molar-refractivity contribution in [2.45, 2.75) is 39.3 Å². The number of hydrogen-bond donors (Lipinski definition) is 1. The summed E-state index contributed by atoms with van der Waals surface area (Å²) in [4.78, 5) is 0. The van der Waals surface area contributed by atoms with E-state index in [0.29, 0.717) is 6.04 Å². The minimum absolute atomic E-state index is 0.496. The van der Waals surface area contributed by atoms with Crippen LogP contribution < -0.4 is 5.32 Å². The van der Waals surface area contributed by atoms with E-state index in [2.05, 4.69) is 42.6 Å². The van der Waals surface area contributed by atoms with Crippen LogP contribution in [0.3, 0.4) is 0 Å². The van der Waals surface area contributed by atoms with Crippen molar-refractivity contribution in [1.82, 2.24) is 5.32 Å². The molecule has 1 atom stereocenters. The summed E-state index contributed by atoms with van der Waals surface area (Å²) in [6.45, 7) is 5.00. The summed E-state index contributed by atoms with van der Waals surface area (Å²) < 4.78 is 5.53. The number of hydrogen-bond acceptors (Lipinski definition) is 2. The molecule has 0 amide bonds. The zero-order valence-electron chi connectivity index (χ0n) is 11.1. The number of aryl methyl sites for hydroxylation is 2. The van der Waals surface area contributed by atoms with Gasteiger partial charge in [-0.05, 0) is 44.4 Å². The number of furan rings is 1. The molecule has 0 spiro atoms. The van der Waals surface area contributed by atoms with E-state index in [1.165, 1.54) is 5.56 Å². The fourth-order valence-corrected chi connectivity index (χ4v) is 1.98. The smallest absolute Gasteiger partial charge is 0.117 e. The maximum Gasteiger partial charge on any atom is 0.117 e. The highest BCUT2D eigenvalue weighted by molar-refractivity contribution is 5.14. The van der Waals surface area contributed by atoms with E-state index in [1.54, 1.807) is 0 Å². The van der Waals surface area contributed by atoms with Gasteiger partial charge in [-0.2, -0.15) is 0 Å². The second kappa shape index (κ2) is 6.41. The Morgan fingerprint density at radius 1 is 1.11 bits per heavy atom. The van der Waals surface area contributed by atoms with Crippen molar-refractivity contribution in [2.24, 2.45) is 0 Å².